The van der Waals surface area contributed by atoms with Crippen molar-refractivity contribution in [1.82, 2.24) is 20.2 Å². The van der Waals surface area contributed by atoms with E-state index in [1.54, 1.807) is 0 Å². The van der Waals surface area contributed by atoms with Crippen LogP contribution in [0, 0.1) is 0 Å². The predicted octanol–water partition coefficient (Wildman–Crippen LogP) is 1.68. The number of carbonyl (C=O) groups excluding carboxylic acids is 1. The highest BCUT2D eigenvalue weighted by molar-refractivity contribution is 5.66. The van der Waals surface area contributed by atoms with E-state index in [4.69, 9.17) is 4.74 Å². The number of aromatic nitrogens is 4. The molecule has 1 aromatic carbocycles. The largest absolute Gasteiger partial charge is 0.463 e. The molecular weight excluding hydrogens is 244 g/mol. The van der Waals surface area contributed by atoms with Crippen LogP contribution >= 0.6 is 0 Å². The highest BCUT2D eigenvalue weighted by Crippen LogP contribution is 2.12. The van der Waals surface area contributed by atoms with Crippen molar-refractivity contribution in [2.24, 2.45) is 0 Å². The average molecular weight is 260 g/mol. The zero-order valence-corrected chi connectivity index (χ0v) is 11.0. The summed E-state index contributed by atoms with van der Waals surface area (Å²) in [6.45, 7) is 3.81. The van der Waals surface area contributed by atoms with Crippen molar-refractivity contribution in [3.8, 4) is 11.4 Å². The van der Waals surface area contributed by atoms with Gasteiger partial charge in [-0.15, -0.1) is 10.2 Å². The number of hydrogen-bond acceptors (Lipinski definition) is 5. The first kappa shape index (κ1) is 13.2. The molecule has 6 heteroatoms. The van der Waals surface area contributed by atoms with Crippen molar-refractivity contribution in [2.75, 3.05) is 0 Å². The Hall–Kier alpha value is -2.24. The van der Waals surface area contributed by atoms with Crippen LogP contribution in [0.5, 0.6) is 0 Å². The third-order valence-electron chi connectivity index (χ3n) is 2.59. The van der Waals surface area contributed by atoms with Crippen LogP contribution < -0.4 is 0 Å². The Morgan fingerprint density at radius 2 is 2.11 bits per heavy atom. The summed E-state index contributed by atoms with van der Waals surface area (Å²) in [6, 6.07) is 9.66. The summed E-state index contributed by atoms with van der Waals surface area (Å²) in [4.78, 5) is 12.3. The van der Waals surface area contributed by atoms with Crippen LogP contribution in [0.3, 0.4) is 0 Å². The minimum absolute atomic E-state index is 0.149. The van der Waals surface area contributed by atoms with Crippen LogP contribution in [-0.2, 0) is 16.1 Å². The Bertz CT molecular complexity index is 539. The smallest absolute Gasteiger partial charge is 0.302 e. The molecule has 100 valence electrons. The van der Waals surface area contributed by atoms with Gasteiger partial charge in [0.25, 0.3) is 0 Å². The van der Waals surface area contributed by atoms with Crippen molar-refractivity contribution >= 4 is 5.97 Å². The summed E-state index contributed by atoms with van der Waals surface area (Å²) in [5, 5.41) is 12.3. The number of tetrazole rings is 1. The van der Waals surface area contributed by atoms with Crippen LogP contribution in [0.2, 0.25) is 0 Å². The minimum Gasteiger partial charge on any atom is -0.463 e. The lowest BCUT2D eigenvalue weighted by Gasteiger charge is -2.10. The van der Waals surface area contributed by atoms with Gasteiger partial charge < -0.3 is 4.74 Å². The van der Waals surface area contributed by atoms with Crippen molar-refractivity contribution in [3.63, 3.8) is 0 Å². The Morgan fingerprint density at radius 3 is 2.79 bits per heavy atom. The second-order valence-corrected chi connectivity index (χ2v) is 4.28. The molecule has 0 spiro atoms. The summed E-state index contributed by atoms with van der Waals surface area (Å²) in [7, 11) is 0. The SMILES string of the molecule is CC(=O)O[C@@H](C)CCn1nnc(-c2ccccc2)n1. The number of hydrogen-bond donors (Lipinski definition) is 0. The molecule has 0 aliphatic heterocycles. The zero-order valence-electron chi connectivity index (χ0n) is 11.0. The standard InChI is InChI=1S/C13H16N4O2/c1-10(19-11(2)18)8-9-17-15-13(14-16-17)12-6-4-3-5-7-12/h3-7,10H,8-9H2,1-2H3/t10-/m0/s1. The lowest BCUT2D eigenvalue weighted by Crippen LogP contribution is -2.16. The molecule has 1 aromatic heterocycles. The van der Waals surface area contributed by atoms with Crippen molar-refractivity contribution in [2.45, 2.75) is 32.9 Å². The minimum atomic E-state index is -0.274. The van der Waals surface area contributed by atoms with Gasteiger partial charge in [0.15, 0.2) is 0 Å². The molecular formula is C13H16N4O2. The first-order valence-corrected chi connectivity index (χ1v) is 6.15. The van der Waals surface area contributed by atoms with Crippen LogP contribution in [0.1, 0.15) is 20.3 Å². The number of nitrogens with zero attached hydrogens (tertiary/aromatic N) is 4. The molecule has 1 atom stereocenters. The number of rotatable bonds is 5. The van der Waals surface area contributed by atoms with E-state index >= 15 is 0 Å². The van der Waals surface area contributed by atoms with E-state index in [-0.39, 0.29) is 12.1 Å². The summed E-state index contributed by atoms with van der Waals surface area (Å²) in [5.41, 5.74) is 0.932. The van der Waals surface area contributed by atoms with Crippen LogP contribution in [-0.4, -0.2) is 32.3 Å². The van der Waals surface area contributed by atoms with Crippen molar-refractivity contribution in [1.29, 1.82) is 0 Å². The number of esters is 1. The van der Waals surface area contributed by atoms with Crippen LogP contribution in [0.4, 0.5) is 0 Å². The van der Waals surface area contributed by atoms with E-state index in [9.17, 15) is 4.79 Å². The number of benzene rings is 1. The van der Waals surface area contributed by atoms with Crippen LogP contribution in [0.25, 0.3) is 11.4 Å². The maximum absolute atomic E-state index is 10.8. The van der Waals surface area contributed by atoms with Gasteiger partial charge in [0.05, 0.1) is 6.54 Å². The summed E-state index contributed by atoms with van der Waals surface area (Å²) >= 11 is 0. The molecule has 1 heterocycles. The molecule has 2 aromatic rings. The quantitative estimate of drug-likeness (QED) is 0.765. The molecule has 0 aliphatic carbocycles. The first-order valence-electron chi connectivity index (χ1n) is 6.15. The normalized spacial score (nSPS) is 12.1. The number of aryl methyl sites for hydroxylation is 1. The Balaban J connectivity index is 1.93. The van der Waals surface area contributed by atoms with Gasteiger partial charge in [-0.1, -0.05) is 30.3 Å². The Labute approximate surface area is 111 Å². The monoisotopic (exact) mass is 260 g/mol. The van der Waals surface area contributed by atoms with E-state index in [1.165, 1.54) is 11.7 Å². The molecule has 0 N–H and O–H groups in total. The molecule has 0 saturated heterocycles. The molecule has 6 nitrogen and oxygen atoms in total. The van der Waals surface area contributed by atoms with E-state index in [2.05, 4.69) is 15.4 Å². The second kappa shape index (κ2) is 6.08. The van der Waals surface area contributed by atoms with Gasteiger partial charge >= 0.3 is 5.97 Å². The second-order valence-electron chi connectivity index (χ2n) is 4.28. The first-order chi connectivity index (χ1) is 9.15. The van der Waals surface area contributed by atoms with Gasteiger partial charge in [0, 0.05) is 18.9 Å². The molecule has 0 bridgehead atoms. The summed E-state index contributed by atoms with van der Waals surface area (Å²) < 4.78 is 5.04. The third-order valence-corrected chi connectivity index (χ3v) is 2.59. The maximum Gasteiger partial charge on any atom is 0.302 e. The highest BCUT2D eigenvalue weighted by atomic mass is 16.5. The maximum atomic E-state index is 10.8. The van der Waals surface area contributed by atoms with Gasteiger partial charge in [-0.2, -0.15) is 4.80 Å². The average Bonchev–Trinajstić information content (AvgIpc) is 2.85. The van der Waals surface area contributed by atoms with E-state index in [0.29, 0.717) is 18.8 Å². The van der Waals surface area contributed by atoms with Gasteiger partial charge in [-0.05, 0) is 12.1 Å². The fourth-order valence-electron chi connectivity index (χ4n) is 1.68. The van der Waals surface area contributed by atoms with Crippen molar-refractivity contribution in [3.05, 3.63) is 30.3 Å². The molecule has 0 radical (unpaired) electrons. The lowest BCUT2D eigenvalue weighted by atomic mass is 10.2. The Kier molecular flexibility index (Phi) is 4.22. The van der Waals surface area contributed by atoms with Gasteiger partial charge in [0.2, 0.25) is 5.82 Å². The fourth-order valence-corrected chi connectivity index (χ4v) is 1.68. The van der Waals surface area contributed by atoms with Gasteiger partial charge in [-0.25, -0.2) is 0 Å². The molecule has 0 amide bonds. The van der Waals surface area contributed by atoms with Crippen molar-refractivity contribution < 1.29 is 9.53 Å². The topological polar surface area (TPSA) is 69.9 Å². The highest BCUT2D eigenvalue weighted by Gasteiger charge is 2.08. The molecule has 0 saturated carbocycles. The molecule has 0 fully saturated rings. The van der Waals surface area contributed by atoms with E-state index in [1.807, 2.05) is 37.3 Å². The Morgan fingerprint density at radius 1 is 1.37 bits per heavy atom. The van der Waals surface area contributed by atoms with Gasteiger partial charge in [-0.3, -0.25) is 4.79 Å². The third kappa shape index (κ3) is 3.87. The predicted molar refractivity (Wildman–Crippen MR) is 69.1 cm³/mol. The molecule has 0 aliphatic rings. The van der Waals surface area contributed by atoms with E-state index in [0.717, 1.165) is 5.56 Å². The van der Waals surface area contributed by atoms with Gasteiger partial charge in [0.1, 0.15) is 6.10 Å². The summed E-state index contributed by atoms with van der Waals surface area (Å²) in [6.07, 6.45) is 0.508. The number of ether oxygens (including phenoxy) is 1. The lowest BCUT2D eigenvalue weighted by molar-refractivity contribution is -0.145. The molecule has 2 rings (SSSR count). The molecule has 19 heavy (non-hydrogen) atoms. The summed E-state index contributed by atoms with van der Waals surface area (Å²) in [5.74, 6) is 0.324. The molecule has 0 unspecified atom stereocenters. The zero-order chi connectivity index (χ0) is 13.7. The van der Waals surface area contributed by atoms with E-state index < -0.39 is 0 Å². The van der Waals surface area contributed by atoms with Crippen LogP contribution in [0.15, 0.2) is 30.3 Å². The fraction of sp³-hybridized carbons (Fsp3) is 0.385. The number of carbonyl (C=O) groups is 1.